The van der Waals surface area contributed by atoms with Gasteiger partial charge >= 0.3 is 0 Å². The van der Waals surface area contributed by atoms with Crippen LogP contribution in [0.3, 0.4) is 0 Å². The summed E-state index contributed by atoms with van der Waals surface area (Å²) in [4.78, 5) is 0. The van der Waals surface area contributed by atoms with Gasteiger partial charge in [-0.05, 0) is 43.9 Å². The molecule has 3 heteroatoms. The first-order valence-electron chi connectivity index (χ1n) is 7.83. The minimum Gasteiger partial charge on any atom is -0.384 e. The lowest BCUT2D eigenvalue weighted by Gasteiger charge is -2.42. The van der Waals surface area contributed by atoms with Crippen molar-refractivity contribution in [3.63, 3.8) is 0 Å². The third-order valence-electron chi connectivity index (χ3n) is 5.09. The molecule has 0 heterocycles. The highest BCUT2D eigenvalue weighted by Crippen LogP contribution is 2.48. The molecule has 2 nitrogen and oxygen atoms in total. The Morgan fingerprint density at radius 2 is 1.76 bits per heavy atom. The number of hydrogen-bond donors (Lipinski definition) is 1. The third kappa shape index (κ3) is 2.96. The van der Waals surface area contributed by atoms with Gasteiger partial charge in [0.1, 0.15) is 11.4 Å². The van der Waals surface area contributed by atoms with Crippen LogP contribution in [0.15, 0.2) is 18.2 Å². The zero-order valence-electron chi connectivity index (χ0n) is 13.0. The Morgan fingerprint density at radius 1 is 1.19 bits per heavy atom. The molecule has 0 aromatic heterocycles. The lowest BCUT2D eigenvalue weighted by molar-refractivity contribution is -0.0584. The third-order valence-corrected chi connectivity index (χ3v) is 5.09. The fraction of sp³-hybridized carbons (Fsp3) is 0.611. The van der Waals surface area contributed by atoms with Crippen LogP contribution >= 0.6 is 0 Å². The molecule has 1 aromatic rings. The average molecular weight is 289 g/mol. The van der Waals surface area contributed by atoms with E-state index in [2.05, 4.69) is 6.07 Å². The summed E-state index contributed by atoms with van der Waals surface area (Å²) in [7, 11) is 0. The molecule has 1 aliphatic rings. The van der Waals surface area contributed by atoms with Crippen LogP contribution < -0.4 is 0 Å². The summed E-state index contributed by atoms with van der Waals surface area (Å²) in [5.41, 5.74) is -1.09. The smallest absolute Gasteiger partial charge is 0.126 e. The molecule has 1 aromatic carbocycles. The van der Waals surface area contributed by atoms with Crippen molar-refractivity contribution in [3.8, 4) is 6.07 Å². The Kier molecular flexibility index (Phi) is 4.68. The maximum atomic E-state index is 13.9. The van der Waals surface area contributed by atoms with E-state index in [4.69, 9.17) is 0 Å². The van der Waals surface area contributed by atoms with Gasteiger partial charge in [0, 0.05) is 0 Å². The van der Waals surface area contributed by atoms with Crippen LogP contribution in [0.5, 0.6) is 0 Å². The van der Waals surface area contributed by atoms with Gasteiger partial charge in [0.25, 0.3) is 0 Å². The van der Waals surface area contributed by atoms with Crippen molar-refractivity contribution in [1.82, 2.24) is 0 Å². The van der Waals surface area contributed by atoms with Gasteiger partial charge in [-0.25, -0.2) is 4.39 Å². The molecule has 1 saturated carbocycles. The van der Waals surface area contributed by atoms with E-state index < -0.39 is 11.0 Å². The van der Waals surface area contributed by atoms with Crippen molar-refractivity contribution in [1.29, 1.82) is 5.26 Å². The predicted octanol–water partition coefficient (Wildman–Crippen LogP) is 4.60. The molecule has 1 atom stereocenters. The van der Waals surface area contributed by atoms with Crippen molar-refractivity contribution in [2.75, 3.05) is 0 Å². The minimum absolute atomic E-state index is 0.327. The molecule has 0 bridgehead atoms. The quantitative estimate of drug-likeness (QED) is 0.865. The molecule has 1 unspecified atom stereocenters. The van der Waals surface area contributed by atoms with Gasteiger partial charge in [-0.3, -0.25) is 0 Å². The Labute approximate surface area is 126 Å². The molecule has 0 aliphatic heterocycles. The Hall–Kier alpha value is -1.40. The number of rotatable bonds is 2. The molecule has 0 saturated heterocycles. The summed E-state index contributed by atoms with van der Waals surface area (Å²) in [5.74, 6) is -0.327. The molecular formula is C18H24FNO. The molecule has 1 fully saturated rings. The molecule has 114 valence electrons. The zero-order chi connectivity index (χ0) is 15.5. The van der Waals surface area contributed by atoms with E-state index >= 15 is 0 Å². The molecular weight excluding hydrogens is 265 g/mol. The molecule has 1 N–H and O–H groups in total. The maximum Gasteiger partial charge on any atom is 0.126 e. The van der Waals surface area contributed by atoms with Gasteiger partial charge in [0.2, 0.25) is 0 Å². The monoisotopic (exact) mass is 289 g/mol. The fourth-order valence-corrected chi connectivity index (χ4v) is 3.39. The first-order valence-corrected chi connectivity index (χ1v) is 7.83. The Balaban J connectivity index is 2.41. The van der Waals surface area contributed by atoms with Crippen LogP contribution in [0.2, 0.25) is 0 Å². The second kappa shape index (κ2) is 6.15. The number of halogens is 1. The van der Waals surface area contributed by atoms with Crippen LogP contribution in [-0.4, -0.2) is 5.11 Å². The summed E-state index contributed by atoms with van der Waals surface area (Å²) >= 11 is 0. The van der Waals surface area contributed by atoms with E-state index in [1.807, 2.05) is 0 Å². The van der Waals surface area contributed by atoms with Gasteiger partial charge in [0.15, 0.2) is 0 Å². The average Bonchev–Trinajstić information content (AvgIpc) is 2.42. The van der Waals surface area contributed by atoms with Gasteiger partial charge in [-0.2, -0.15) is 5.26 Å². The van der Waals surface area contributed by atoms with Gasteiger partial charge in [-0.15, -0.1) is 0 Å². The van der Waals surface area contributed by atoms with E-state index in [1.54, 1.807) is 26.0 Å². The van der Waals surface area contributed by atoms with Gasteiger partial charge < -0.3 is 5.11 Å². The molecule has 0 spiro atoms. The molecule has 2 rings (SSSR count). The summed E-state index contributed by atoms with van der Waals surface area (Å²) in [6.45, 7) is 3.37. The van der Waals surface area contributed by atoms with Crippen molar-refractivity contribution in [2.24, 2.45) is 5.41 Å². The predicted molar refractivity (Wildman–Crippen MR) is 81.1 cm³/mol. The number of aliphatic hydroxyl groups is 1. The van der Waals surface area contributed by atoms with E-state index in [9.17, 15) is 14.8 Å². The molecule has 1 aliphatic carbocycles. The van der Waals surface area contributed by atoms with Crippen LogP contribution in [0.25, 0.3) is 0 Å². The maximum absolute atomic E-state index is 13.9. The minimum atomic E-state index is -1.33. The summed E-state index contributed by atoms with van der Waals surface area (Å²) in [5, 5.41) is 20.9. The van der Waals surface area contributed by atoms with Crippen molar-refractivity contribution < 1.29 is 9.50 Å². The van der Waals surface area contributed by atoms with Gasteiger partial charge in [-0.1, -0.05) is 44.2 Å². The number of aryl methyl sites for hydroxylation is 1. The van der Waals surface area contributed by atoms with Crippen molar-refractivity contribution >= 4 is 0 Å². The standard InChI is InChI=1S/C18H24FNO/c1-14-8-9-15(12-16(14)19)17(2,21)18(13-20)10-6-4-3-5-7-11-18/h8-9,12,21H,3-7,10-11H2,1-2H3. The van der Waals surface area contributed by atoms with Crippen molar-refractivity contribution in [2.45, 2.75) is 64.4 Å². The van der Waals surface area contributed by atoms with Crippen LogP contribution in [0.1, 0.15) is 63.0 Å². The normalized spacial score (nSPS) is 21.7. The molecule has 0 amide bonds. The SMILES string of the molecule is Cc1ccc(C(C)(O)C2(C#N)CCCCCCC2)cc1F. The zero-order valence-corrected chi connectivity index (χ0v) is 13.0. The highest BCUT2D eigenvalue weighted by atomic mass is 19.1. The van der Waals surface area contributed by atoms with Crippen LogP contribution in [-0.2, 0) is 5.60 Å². The Bertz CT molecular complexity index is 537. The summed E-state index contributed by atoms with van der Waals surface area (Å²) in [6, 6.07) is 7.19. The second-order valence-electron chi connectivity index (χ2n) is 6.50. The molecule has 0 radical (unpaired) electrons. The first-order chi connectivity index (χ1) is 9.93. The molecule has 21 heavy (non-hydrogen) atoms. The lowest BCUT2D eigenvalue weighted by Crippen LogP contribution is -2.43. The number of nitrogens with zero attached hydrogens (tertiary/aromatic N) is 1. The second-order valence-corrected chi connectivity index (χ2v) is 6.50. The lowest BCUT2D eigenvalue weighted by atomic mass is 9.64. The van der Waals surface area contributed by atoms with E-state index in [0.717, 1.165) is 25.7 Å². The van der Waals surface area contributed by atoms with Gasteiger partial charge in [0.05, 0.1) is 11.5 Å². The topological polar surface area (TPSA) is 44.0 Å². The van der Waals surface area contributed by atoms with Crippen LogP contribution in [0, 0.1) is 29.5 Å². The van der Waals surface area contributed by atoms with Crippen LogP contribution in [0.4, 0.5) is 4.39 Å². The number of nitriles is 1. The highest BCUT2D eigenvalue weighted by Gasteiger charge is 2.48. The first kappa shape index (κ1) is 16.0. The highest BCUT2D eigenvalue weighted by molar-refractivity contribution is 5.31. The fourth-order valence-electron chi connectivity index (χ4n) is 3.39. The van der Waals surface area contributed by atoms with E-state index in [1.165, 1.54) is 12.5 Å². The van der Waals surface area contributed by atoms with Crippen molar-refractivity contribution in [3.05, 3.63) is 35.1 Å². The largest absolute Gasteiger partial charge is 0.384 e. The number of hydrogen-bond acceptors (Lipinski definition) is 2. The van der Waals surface area contributed by atoms with E-state index in [-0.39, 0.29) is 5.82 Å². The van der Waals surface area contributed by atoms with E-state index in [0.29, 0.717) is 24.0 Å². The summed E-state index contributed by atoms with van der Waals surface area (Å²) < 4.78 is 13.9. The summed E-state index contributed by atoms with van der Waals surface area (Å²) in [6.07, 6.45) is 6.63. The Morgan fingerprint density at radius 3 is 2.29 bits per heavy atom. The number of benzene rings is 1.